The average Bonchev–Trinajstić information content (AvgIpc) is 2.05. The van der Waals surface area contributed by atoms with E-state index in [1.54, 1.807) is 0 Å². The summed E-state index contributed by atoms with van der Waals surface area (Å²) in [5.41, 5.74) is 0. The quantitative estimate of drug-likeness (QED) is 0.393. The lowest BCUT2D eigenvalue weighted by molar-refractivity contribution is -0.131. The monoisotopic (exact) mass is 332 g/mol. The Kier molecular flexibility index (Phi) is 6.72. The minimum absolute atomic E-state index is 0.358. The molecular formula is C8H15ClF6OSi2. The molecule has 0 radical (unpaired) electrons. The molecule has 0 aromatic carbocycles. The summed E-state index contributed by atoms with van der Waals surface area (Å²) >= 11 is 5.82. The molecule has 0 atom stereocenters. The molecule has 0 bridgehead atoms. The van der Waals surface area contributed by atoms with Crippen LogP contribution in [0, 0.1) is 0 Å². The van der Waals surface area contributed by atoms with Crippen molar-refractivity contribution >= 4 is 27.7 Å². The van der Waals surface area contributed by atoms with Gasteiger partial charge in [-0.3, -0.25) is 0 Å². The predicted octanol–water partition coefficient (Wildman–Crippen LogP) is 4.57. The predicted molar refractivity (Wildman–Crippen MR) is 62.5 cm³/mol. The topological polar surface area (TPSA) is 9.23 Å². The van der Waals surface area contributed by atoms with Gasteiger partial charge in [0.2, 0.25) is 0 Å². The zero-order chi connectivity index (χ0) is 14.6. The van der Waals surface area contributed by atoms with Crippen LogP contribution in [0.4, 0.5) is 26.3 Å². The lowest BCUT2D eigenvalue weighted by Gasteiger charge is -2.24. The van der Waals surface area contributed by atoms with Gasteiger partial charge in [0.15, 0.2) is 9.04 Å². The van der Waals surface area contributed by atoms with Crippen LogP contribution in [-0.2, 0) is 4.12 Å². The van der Waals surface area contributed by atoms with E-state index in [1.807, 2.05) is 0 Å². The zero-order valence-corrected chi connectivity index (χ0v) is 12.9. The second-order valence-electron chi connectivity index (χ2n) is 4.41. The maximum absolute atomic E-state index is 12.0. The van der Waals surface area contributed by atoms with E-state index in [-0.39, 0.29) is 12.1 Å². The molecule has 0 amide bonds. The first-order chi connectivity index (χ1) is 7.79. The fraction of sp³-hybridized carbons (Fsp3) is 1.00. The SMILES string of the molecule is C[Si](C)(Cl)O[SiH](CCC(F)(F)F)CCC(F)(F)F. The molecule has 0 saturated heterocycles. The highest BCUT2D eigenvalue weighted by Gasteiger charge is 2.35. The van der Waals surface area contributed by atoms with Crippen LogP contribution in [0.5, 0.6) is 0 Å². The minimum Gasteiger partial charge on any atom is -0.447 e. The van der Waals surface area contributed by atoms with E-state index in [0.717, 1.165) is 0 Å². The van der Waals surface area contributed by atoms with Crippen LogP contribution < -0.4 is 0 Å². The molecule has 18 heavy (non-hydrogen) atoms. The lowest BCUT2D eigenvalue weighted by Crippen LogP contribution is -2.34. The number of hydrogen-bond acceptors (Lipinski definition) is 1. The highest BCUT2D eigenvalue weighted by Crippen LogP contribution is 2.29. The van der Waals surface area contributed by atoms with Crippen molar-refractivity contribution in [2.45, 2.75) is 50.4 Å². The van der Waals surface area contributed by atoms with Crippen LogP contribution in [0.1, 0.15) is 12.8 Å². The summed E-state index contributed by atoms with van der Waals surface area (Å²) in [5, 5.41) is 0. The van der Waals surface area contributed by atoms with Gasteiger partial charge in [0.25, 0.3) is 7.63 Å². The van der Waals surface area contributed by atoms with E-state index in [0.29, 0.717) is 0 Å². The highest BCUT2D eigenvalue weighted by molar-refractivity contribution is 7.17. The fourth-order valence-electron chi connectivity index (χ4n) is 1.31. The fourth-order valence-corrected chi connectivity index (χ4v) is 8.14. The van der Waals surface area contributed by atoms with Gasteiger partial charge >= 0.3 is 12.4 Å². The Labute approximate surface area is 109 Å². The van der Waals surface area contributed by atoms with Gasteiger partial charge < -0.3 is 4.12 Å². The van der Waals surface area contributed by atoms with E-state index in [4.69, 9.17) is 15.2 Å². The molecule has 0 fully saturated rings. The maximum Gasteiger partial charge on any atom is 0.388 e. The summed E-state index contributed by atoms with van der Waals surface area (Å²) in [7, 11) is -5.18. The van der Waals surface area contributed by atoms with E-state index < -0.39 is 41.9 Å². The summed E-state index contributed by atoms with van der Waals surface area (Å²) in [6.45, 7) is 3.07. The summed E-state index contributed by atoms with van der Waals surface area (Å²) in [6.07, 6.45) is -11.0. The van der Waals surface area contributed by atoms with E-state index in [1.165, 1.54) is 13.1 Å². The number of hydrogen-bond donors (Lipinski definition) is 0. The molecule has 0 spiro atoms. The molecule has 0 unspecified atom stereocenters. The van der Waals surface area contributed by atoms with Gasteiger partial charge in [0.05, 0.1) is 0 Å². The molecule has 0 N–H and O–H groups in total. The van der Waals surface area contributed by atoms with Gasteiger partial charge in [-0.2, -0.15) is 26.3 Å². The Balaban J connectivity index is 4.35. The molecule has 1 nitrogen and oxygen atoms in total. The third kappa shape index (κ3) is 12.7. The minimum atomic E-state index is -4.37. The van der Waals surface area contributed by atoms with Crippen molar-refractivity contribution in [2.24, 2.45) is 0 Å². The van der Waals surface area contributed by atoms with Gasteiger partial charge in [-0.25, -0.2) is 0 Å². The third-order valence-electron chi connectivity index (χ3n) is 1.95. The number of rotatable bonds is 6. The summed E-state index contributed by atoms with van der Waals surface area (Å²) < 4.78 is 77.5. The van der Waals surface area contributed by atoms with Crippen LogP contribution in [-0.4, -0.2) is 29.0 Å². The van der Waals surface area contributed by atoms with Gasteiger partial charge in [-0.15, -0.1) is 11.1 Å². The van der Waals surface area contributed by atoms with Crippen LogP contribution in [0.2, 0.25) is 25.2 Å². The van der Waals surface area contributed by atoms with Crippen LogP contribution in [0.15, 0.2) is 0 Å². The second-order valence-corrected chi connectivity index (χ2v) is 13.2. The van der Waals surface area contributed by atoms with E-state index in [9.17, 15) is 26.3 Å². The molecule has 0 aliphatic heterocycles. The Morgan fingerprint density at radius 2 is 1.28 bits per heavy atom. The first-order valence-electron chi connectivity index (χ1n) is 5.29. The average molecular weight is 333 g/mol. The standard InChI is InChI=1S/C8H15ClF6OSi2/c1-18(2,9)16-17(5-3-7(10,11)12)6-4-8(13,14)15/h17H,3-6H2,1-2H3. The largest absolute Gasteiger partial charge is 0.447 e. The van der Waals surface area contributed by atoms with Crippen molar-refractivity contribution in [1.29, 1.82) is 0 Å². The summed E-state index contributed by atoms with van der Waals surface area (Å²) in [6, 6.07) is -0.717. The van der Waals surface area contributed by atoms with Gasteiger partial charge in [-0.05, 0) is 25.2 Å². The van der Waals surface area contributed by atoms with Crippen molar-refractivity contribution in [2.75, 3.05) is 0 Å². The molecule has 0 aliphatic rings. The van der Waals surface area contributed by atoms with Crippen molar-refractivity contribution in [3.63, 3.8) is 0 Å². The van der Waals surface area contributed by atoms with Crippen molar-refractivity contribution < 1.29 is 30.5 Å². The first kappa shape index (κ1) is 18.3. The molecule has 0 aromatic heterocycles. The van der Waals surface area contributed by atoms with E-state index >= 15 is 0 Å². The Bertz CT molecular complexity index is 231. The molecule has 0 heterocycles. The van der Waals surface area contributed by atoms with Crippen LogP contribution in [0.25, 0.3) is 0 Å². The smallest absolute Gasteiger partial charge is 0.388 e. The number of alkyl halides is 6. The molecule has 0 saturated carbocycles. The molecule has 0 aromatic rings. The van der Waals surface area contributed by atoms with Crippen LogP contribution in [0.3, 0.4) is 0 Å². The summed E-state index contributed by atoms with van der Waals surface area (Å²) in [4.78, 5) is 0. The third-order valence-corrected chi connectivity index (χ3v) is 8.19. The van der Waals surface area contributed by atoms with Gasteiger partial charge in [0, 0.05) is 12.8 Å². The highest BCUT2D eigenvalue weighted by atomic mass is 35.6. The van der Waals surface area contributed by atoms with Gasteiger partial charge in [-0.1, -0.05) is 0 Å². The molecule has 110 valence electrons. The summed E-state index contributed by atoms with van der Waals surface area (Å²) in [5.74, 6) is 0. The van der Waals surface area contributed by atoms with Crippen molar-refractivity contribution in [1.82, 2.24) is 0 Å². The normalized spacial score (nSPS) is 14.3. The van der Waals surface area contributed by atoms with Gasteiger partial charge in [0.1, 0.15) is 0 Å². The van der Waals surface area contributed by atoms with Crippen LogP contribution >= 0.6 is 11.1 Å². The first-order valence-corrected chi connectivity index (χ1v) is 11.3. The van der Waals surface area contributed by atoms with E-state index in [2.05, 4.69) is 0 Å². The Hall–Kier alpha value is 0.264. The zero-order valence-electron chi connectivity index (χ0n) is 9.96. The maximum atomic E-state index is 12.0. The Morgan fingerprint density at radius 3 is 1.50 bits per heavy atom. The molecular weight excluding hydrogens is 318 g/mol. The molecule has 0 aliphatic carbocycles. The Morgan fingerprint density at radius 1 is 0.944 bits per heavy atom. The van der Waals surface area contributed by atoms with Crippen molar-refractivity contribution in [3.05, 3.63) is 0 Å². The lowest BCUT2D eigenvalue weighted by atomic mass is 10.5. The molecule has 0 rings (SSSR count). The molecule has 10 heteroatoms. The van der Waals surface area contributed by atoms with Crippen molar-refractivity contribution in [3.8, 4) is 0 Å². The number of halogens is 7. The second kappa shape index (κ2) is 6.62.